The lowest BCUT2D eigenvalue weighted by Gasteiger charge is -2.12. The van der Waals surface area contributed by atoms with Crippen molar-refractivity contribution in [3.05, 3.63) is 23.4 Å². The van der Waals surface area contributed by atoms with Crippen LogP contribution in [-0.4, -0.2) is 23.9 Å². The molecule has 0 fully saturated rings. The molecule has 0 aliphatic carbocycles. The first-order valence-electron chi connectivity index (χ1n) is 4.55. The fourth-order valence-corrected chi connectivity index (χ4v) is 1.06. The third-order valence-corrected chi connectivity index (χ3v) is 1.79. The Kier molecular flexibility index (Phi) is 4.04. The van der Waals surface area contributed by atoms with Crippen molar-refractivity contribution in [1.82, 2.24) is 4.98 Å². The number of pyridine rings is 1. The predicted molar refractivity (Wildman–Crippen MR) is 51.8 cm³/mol. The number of amidine groups is 1. The van der Waals surface area contributed by atoms with Crippen LogP contribution in [0.5, 0.6) is 5.88 Å². The second-order valence-corrected chi connectivity index (χ2v) is 3.16. The summed E-state index contributed by atoms with van der Waals surface area (Å²) in [5.74, 6) is -1.36. The number of nitrogen functional groups attached to an aromatic ring is 1. The molecule has 0 unspecified atom stereocenters. The van der Waals surface area contributed by atoms with Gasteiger partial charge in [0.25, 0.3) is 6.43 Å². The summed E-state index contributed by atoms with van der Waals surface area (Å²) in [6.45, 7) is -1.13. The summed E-state index contributed by atoms with van der Waals surface area (Å²) in [6, 6.07) is 1.44. The SMILES string of the molecule is N=C(N)c1ccc(C(F)(F)F)nc1OCC(F)F. The molecule has 1 heterocycles. The zero-order valence-electron chi connectivity index (χ0n) is 8.76. The topological polar surface area (TPSA) is 72.0 Å². The maximum atomic E-state index is 12.3. The first-order valence-corrected chi connectivity index (χ1v) is 4.55. The van der Waals surface area contributed by atoms with Gasteiger partial charge in [-0.1, -0.05) is 0 Å². The Bertz CT molecular complexity index is 446. The Morgan fingerprint density at radius 1 is 1.39 bits per heavy atom. The van der Waals surface area contributed by atoms with E-state index < -0.39 is 36.6 Å². The monoisotopic (exact) mass is 269 g/mol. The van der Waals surface area contributed by atoms with Crippen LogP contribution < -0.4 is 10.5 Å². The Hall–Kier alpha value is -1.93. The molecule has 1 aromatic rings. The van der Waals surface area contributed by atoms with Crippen molar-refractivity contribution < 1.29 is 26.7 Å². The van der Waals surface area contributed by atoms with Gasteiger partial charge < -0.3 is 10.5 Å². The van der Waals surface area contributed by atoms with E-state index in [1.165, 1.54) is 0 Å². The number of nitrogens with zero attached hydrogens (tertiary/aromatic N) is 1. The third-order valence-electron chi connectivity index (χ3n) is 1.79. The highest BCUT2D eigenvalue weighted by molar-refractivity contribution is 5.97. The van der Waals surface area contributed by atoms with E-state index in [1.54, 1.807) is 0 Å². The summed E-state index contributed by atoms with van der Waals surface area (Å²) < 4.78 is 65.3. The van der Waals surface area contributed by atoms with Gasteiger partial charge in [-0.2, -0.15) is 13.2 Å². The van der Waals surface area contributed by atoms with Gasteiger partial charge in [0.2, 0.25) is 5.88 Å². The van der Waals surface area contributed by atoms with Crippen molar-refractivity contribution in [3.63, 3.8) is 0 Å². The van der Waals surface area contributed by atoms with Gasteiger partial charge >= 0.3 is 6.18 Å². The van der Waals surface area contributed by atoms with Gasteiger partial charge in [-0.3, -0.25) is 5.41 Å². The number of nitrogens with two attached hydrogens (primary N) is 1. The van der Waals surface area contributed by atoms with E-state index in [-0.39, 0.29) is 5.56 Å². The van der Waals surface area contributed by atoms with Crippen molar-refractivity contribution in [3.8, 4) is 5.88 Å². The van der Waals surface area contributed by atoms with E-state index in [4.69, 9.17) is 11.1 Å². The van der Waals surface area contributed by atoms with Crippen molar-refractivity contribution in [1.29, 1.82) is 5.41 Å². The molecular weight excluding hydrogens is 261 g/mol. The fourth-order valence-electron chi connectivity index (χ4n) is 1.06. The highest BCUT2D eigenvalue weighted by Gasteiger charge is 2.33. The number of aromatic nitrogens is 1. The number of hydrogen-bond acceptors (Lipinski definition) is 3. The summed E-state index contributed by atoms with van der Waals surface area (Å²) in [6.07, 6.45) is -7.61. The summed E-state index contributed by atoms with van der Waals surface area (Å²) in [5, 5.41) is 7.08. The molecule has 18 heavy (non-hydrogen) atoms. The van der Waals surface area contributed by atoms with Crippen LogP contribution in [0.1, 0.15) is 11.3 Å². The van der Waals surface area contributed by atoms with Crippen LogP contribution in [0.4, 0.5) is 22.0 Å². The lowest BCUT2D eigenvalue weighted by Crippen LogP contribution is -2.18. The minimum atomic E-state index is -4.74. The Morgan fingerprint density at radius 2 is 2.00 bits per heavy atom. The lowest BCUT2D eigenvalue weighted by molar-refractivity contribution is -0.141. The largest absolute Gasteiger partial charge is 0.471 e. The quantitative estimate of drug-likeness (QED) is 0.499. The average Bonchev–Trinajstić information content (AvgIpc) is 2.24. The van der Waals surface area contributed by atoms with Crippen molar-refractivity contribution in [2.24, 2.45) is 5.73 Å². The number of nitrogens with one attached hydrogen (secondary N) is 1. The van der Waals surface area contributed by atoms with Gasteiger partial charge in [0, 0.05) is 0 Å². The maximum absolute atomic E-state index is 12.3. The Labute approximate surface area is 98.1 Å². The zero-order valence-corrected chi connectivity index (χ0v) is 8.76. The molecule has 0 aliphatic rings. The van der Waals surface area contributed by atoms with Gasteiger partial charge in [-0.15, -0.1) is 0 Å². The second-order valence-electron chi connectivity index (χ2n) is 3.16. The number of halogens is 5. The van der Waals surface area contributed by atoms with Crippen molar-refractivity contribution >= 4 is 5.84 Å². The smallest absolute Gasteiger partial charge is 0.433 e. The molecule has 0 saturated heterocycles. The summed E-state index contributed by atoms with van der Waals surface area (Å²) >= 11 is 0. The standard InChI is InChI=1S/C9H8F5N3O/c10-6(11)3-18-8-4(7(15)16)1-2-5(17-8)9(12,13)14/h1-2,6H,3H2,(H3,15,16). The molecule has 0 spiro atoms. The molecule has 0 saturated carbocycles. The molecule has 0 atom stereocenters. The van der Waals surface area contributed by atoms with E-state index in [0.717, 1.165) is 6.07 Å². The van der Waals surface area contributed by atoms with Gasteiger partial charge in [0.1, 0.15) is 11.5 Å². The molecule has 3 N–H and O–H groups in total. The van der Waals surface area contributed by atoms with Crippen LogP contribution in [0, 0.1) is 5.41 Å². The number of ether oxygens (including phenoxy) is 1. The zero-order chi connectivity index (χ0) is 13.9. The number of alkyl halides is 5. The minimum Gasteiger partial charge on any atom is -0.471 e. The van der Waals surface area contributed by atoms with Gasteiger partial charge in [0.15, 0.2) is 6.61 Å². The van der Waals surface area contributed by atoms with Gasteiger partial charge in [-0.25, -0.2) is 13.8 Å². The highest BCUT2D eigenvalue weighted by Crippen LogP contribution is 2.30. The third kappa shape index (κ3) is 3.54. The van der Waals surface area contributed by atoms with Crippen LogP contribution in [0.2, 0.25) is 0 Å². The Balaban J connectivity index is 3.12. The molecule has 0 aliphatic heterocycles. The van der Waals surface area contributed by atoms with Crippen molar-refractivity contribution in [2.75, 3.05) is 6.61 Å². The second kappa shape index (κ2) is 5.15. The van der Waals surface area contributed by atoms with E-state index in [2.05, 4.69) is 9.72 Å². The predicted octanol–water partition coefficient (Wildman–Crippen LogP) is 2.03. The molecule has 0 radical (unpaired) electrons. The van der Waals surface area contributed by atoms with Crippen LogP contribution in [0.3, 0.4) is 0 Å². The highest BCUT2D eigenvalue weighted by atomic mass is 19.4. The molecule has 0 amide bonds. The normalized spacial score (nSPS) is 11.7. The minimum absolute atomic E-state index is 0.274. The molecule has 0 aromatic carbocycles. The van der Waals surface area contributed by atoms with E-state index in [0.29, 0.717) is 6.07 Å². The molecule has 1 rings (SSSR count). The first-order chi connectivity index (χ1) is 8.21. The van der Waals surface area contributed by atoms with E-state index >= 15 is 0 Å². The van der Waals surface area contributed by atoms with Gasteiger partial charge in [-0.05, 0) is 12.1 Å². The molecular formula is C9H8F5N3O. The average molecular weight is 269 g/mol. The molecule has 9 heteroatoms. The molecule has 0 bridgehead atoms. The summed E-state index contributed by atoms with van der Waals surface area (Å²) in [5.41, 5.74) is 3.49. The fraction of sp³-hybridized carbons (Fsp3) is 0.333. The summed E-state index contributed by atoms with van der Waals surface area (Å²) in [7, 11) is 0. The molecule has 1 aromatic heterocycles. The molecule has 100 valence electrons. The van der Waals surface area contributed by atoms with Crippen LogP contribution in [0.25, 0.3) is 0 Å². The maximum Gasteiger partial charge on any atom is 0.433 e. The van der Waals surface area contributed by atoms with E-state index in [9.17, 15) is 22.0 Å². The molecule has 4 nitrogen and oxygen atoms in total. The summed E-state index contributed by atoms with van der Waals surface area (Å²) in [4.78, 5) is 3.04. The number of hydrogen-bond donors (Lipinski definition) is 2. The van der Waals surface area contributed by atoms with Crippen molar-refractivity contribution in [2.45, 2.75) is 12.6 Å². The van der Waals surface area contributed by atoms with E-state index in [1.807, 2.05) is 0 Å². The van der Waals surface area contributed by atoms with Crippen LogP contribution in [-0.2, 0) is 6.18 Å². The Morgan fingerprint density at radius 3 is 2.44 bits per heavy atom. The van der Waals surface area contributed by atoms with Crippen LogP contribution >= 0.6 is 0 Å². The lowest BCUT2D eigenvalue weighted by atomic mass is 10.2. The number of rotatable bonds is 4. The first kappa shape index (κ1) is 14.1. The van der Waals surface area contributed by atoms with Crippen LogP contribution in [0.15, 0.2) is 12.1 Å². The van der Waals surface area contributed by atoms with Gasteiger partial charge in [0.05, 0.1) is 5.56 Å².